The molecular formula is C3H9FO3S. The van der Waals surface area contributed by atoms with Crippen molar-refractivity contribution in [2.75, 3.05) is 12.9 Å². The van der Waals surface area contributed by atoms with Gasteiger partial charge in [0.1, 0.15) is 0 Å². The fourth-order valence-corrected chi connectivity index (χ4v) is 0.642. The molecule has 0 saturated heterocycles. The minimum atomic E-state index is -3.17. The number of rotatable bonds is 2. The Labute approximate surface area is 48.1 Å². The fraction of sp³-hybridized carbons (Fsp3) is 1.00. The van der Waals surface area contributed by atoms with Crippen molar-refractivity contribution < 1.29 is 17.3 Å². The summed E-state index contributed by atoms with van der Waals surface area (Å²) in [7, 11) is -3.17. The third-order valence-corrected chi connectivity index (χ3v) is 0.996. The lowest BCUT2D eigenvalue weighted by Gasteiger charge is -1.90. The predicted molar refractivity (Wildman–Crippen MR) is 29.0 cm³/mol. The number of halogens is 1. The molecule has 0 aliphatic rings. The molecule has 0 aliphatic carbocycles. The lowest BCUT2D eigenvalue weighted by molar-refractivity contribution is 0.342. The Bertz CT molecular complexity index is 127. The van der Waals surface area contributed by atoms with Crippen molar-refractivity contribution in [1.82, 2.24) is 0 Å². The maximum Gasteiger partial charge on any atom is 0.264 e. The van der Waals surface area contributed by atoms with Gasteiger partial charge in [0, 0.05) is 0 Å². The van der Waals surface area contributed by atoms with Crippen molar-refractivity contribution in [2.45, 2.75) is 6.92 Å². The Hall–Kier alpha value is -0.160. The van der Waals surface area contributed by atoms with E-state index < -0.39 is 10.1 Å². The zero-order valence-electron chi connectivity index (χ0n) is 4.75. The van der Waals surface area contributed by atoms with Gasteiger partial charge in [-0.1, -0.05) is 0 Å². The van der Waals surface area contributed by atoms with Crippen LogP contribution in [-0.4, -0.2) is 21.3 Å². The van der Waals surface area contributed by atoms with E-state index in [4.69, 9.17) is 0 Å². The van der Waals surface area contributed by atoms with Crippen LogP contribution >= 0.6 is 0 Å². The third kappa shape index (κ3) is 9.28. The molecule has 0 aromatic carbocycles. The molecule has 0 heterocycles. The van der Waals surface area contributed by atoms with Crippen molar-refractivity contribution in [1.29, 1.82) is 0 Å². The molecule has 0 fully saturated rings. The van der Waals surface area contributed by atoms with Gasteiger partial charge in [0.2, 0.25) is 0 Å². The van der Waals surface area contributed by atoms with E-state index in [-0.39, 0.29) is 11.3 Å². The predicted octanol–water partition coefficient (Wildman–Crippen LogP) is 0.135. The van der Waals surface area contributed by atoms with Crippen LogP contribution in [0, 0.1) is 0 Å². The Kier molecular flexibility index (Phi) is 5.10. The molecule has 0 N–H and O–H groups in total. The van der Waals surface area contributed by atoms with E-state index >= 15 is 0 Å². The molecule has 0 saturated carbocycles. The highest BCUT2D eigenvalue weighted by atomic mass is 32.2. The molecule has 0 bridgehead atoms. The maximum atomic E-state index is 10.0. The molecule has 0 aromatic rings. The van der Waals surface area contributed by atoms with Gasteiger partial charge in [-0.3, -0.25) is 8.89 Å². The van der Waals surface area contributed by atoms with Crippen LogP contribution in [0.4, 0.5) is 4.70 Å². The van der Waals surface area contributed by atoms with E-state index in [0.29, 0.717) is 0 Å². The molecule has 0 atom stereocenters. The Morgan fingerprint density at radius 1 is 1.50 bits per heavy atom. The highest BCUT2D eigenvalue weighted by molar-refractivity contribution is 7.85. The maximum absolute atomic E-state index is 10.0. The van der Waals surface area contributed by atoms with Crippen LogP contribution in [0.3, 0.4) is 0 Å². The van der Waals surface area contributed by atoms with Gasteiger partial charge in [0.05, 0.1) is 12.9 Å². The zero-order valence-corrected chi connectivity index (χ0v) is 5.56. The lowest BCUT2D eigenvalue weighted by Crippen LogP contribution is -2.00. The van der Waals surface area contributed by atoms with E-state index in [9.17, 15) is 8.42 Å². The summed E-state index contributed by atoms with van der Waals surface area (Å²) in [5.74, 6) is 0. The average molecular weight is 144 g/mol. The lowest BCUT2D eigenvalue weighted by atomic mass is 10.9. The van der Waals surface area contributed by atoms with Gasteiger partial charge in [-0.05, 0) is 6.92 Å². The molecule has 3 nitrogen and oxygen atoms in total. The first-order chi connectivity index (χ1) is 3.06. The first-order valence-electron chi connectivity index (χ1n) is 1.90. The van der Waals surface area contributed by atoms with Crippen LogP contribution in [0.5, 0.6) is 0 Å². The van der Waals surface area contributed by atoms with Gasteiger partial charge in [0.25, 0.3) is 10.1 Å². The Morgan fingerprint density at radius 2 is 1.88 bits per heavy atom. The van der Waals surface area contributed by atoms with Gasteiger partial charge in [-0.25, -0.2) is 0 Å². The summed E-state index contributed by atoms with van der Waals surface area (Å²) in [4.78, 5) is 0. The van der Waals surface area contributed by atoms with Gasteiger partial charge in [-0.15, -0.1) is 0 Å². The van der Waals surface area contributed by atoms with E-state index in [2.05, 4.69) is 4.18 Å². The van der Waals surface area contributed by atoms with Crippen molar-refractivity contribution in [3.8, 4) is 0 Å². The minimum absolute atomic E-state index is 0. The molecule has 0 unspecified atom stereocenters. The van der Waals surface area contributed by atoms with Crippen LogP contribution in [-0.2, 0) is 14.3 Å². The van der Waals surface area contributed by atoms with Crippen LogP contribution in [0.25, 0.3) is 0 Å². The quantitative estimate of drug-likeness (QED) is 0.517. The second kappa shape index (κ2) is 3.80. The molecule has 52 valence electrons. The van der Waals surface area contributed by atoms with Gasteiger partial charge < -0.3 is 0 Å². The number of hydrogen-bond acceptors (Lipinski definition) is 3. The molecule has 8 heavy (non-hydrogen) atoms. The second-order valence-corrected chi connectivity index (χ2v) is 2.75. The summed E-state index contributed by atoms with van der Waals surface area (Å²) in [6.45, 7) is 1.85. The Morgan fingerprint density at radius 3 is 1.88 bits per heavy atom. The standard InChI is InChI=1S/C3H8O3S.FH/c1-3-6-7(2,4)5;/h3H2,1-2H3;1H. The van der Waals surface area contributed by atoms with E-state index in [1.807, 2.05) is 0 Å². The monoisotopic (exact) mass is 144 g/mol. The first kappa shape index (κ1) is 10.8. The van der Waals surface area contributed by atoms with E-state index in [1.165, 1.54) is 0 Å². The average Bonchev–Trinajstić information content (AvgIpc) is 1.30. The zero-order chi connectivity index (χ0) is 5.91. The minimum Gasteiger partial charge on any atom is -0.271 e. The molecule has 0 radical (unpaired) electrons. The highest BCUT2D eigenvalue weighted by Gasteiger charge is 1.94. The van der Waals surface area contributed by atoms with Gasteiger partial charge in [0.15, 0.2) is 0 Å². The summed E-state index contributed by atoms with van der Waals surface area (Å²) in [5.41, 5.74) is 0. The smallest absolute Gasteiger partial charge is 0.264 e. The fourth-order valence-electron chi connectivity index (χ4n) is 0.214. The largest absolute Gasteiger partial charge is 0.271 e. The summed E-state index contributed by atoms with van der Waals surface area (Å²) >= 11 is 0. The normalized spacial score (nSPS) is 10.2. The first-order valence-corrected chi connectivity index (χ1v) is 3.72. The summed E-state index contributed by atoms with van der Waals surface area (Å²) in [6.07, 6.45) is 1.02. The molecule has 0 rings (SSSR count). The van der Waals surface area contributed by atoms with Crippen molar-refractivity contribution in [3.63, 3.8) is 0 Å². The van der Waals surface area contributed by atoms with Crippen LogP contribution < -0.4 is 0 Å². The molecule has 0 aromatic heterocycles. The SMILES string of the molecule is CCOS(C)(=O)=O.F. The van der Waals surface area contributed by atoms with E-state index in [0.717, 1.165) is 6.26 Å². The molecule has 0 aliphatic heterocycles. The van der Waals surface area contributed by atoms with Gasteiger partial charge >= 0.3 is 0 Å². The van der Waals surface area contributed by atoms with Crippen molar-refractivity contribution in [2.24, 2.45) is 0 Å². The van der Waals surface area contributed by atoms with E-state index in [1.54, 1.807) is 6.92 Å². The van der Waals surface area contributed by atoms with Gasteiger partial charge in [-0.2, -0.15) is 8.42 Å². The Balaban J connectivity index is 0. The summed E-state index contributed by atoms with van der Waals surface area (Å²) in [6, 6.07) is 0. The number of hydrogen-bond donors (Lipinski definition) is 0. The molecule has 0 spiro atoms. The third-order valence-electron chi connectivity index (χ3n) is 0.332. The highest BCUT2D eigenvalue weighted by Crippen LogP contribution is 1.81. The molecular weight excluding hydrogens is 135 g/mol. The molecule has 5 heteroatoms. The van der Waals surface area contributed by atoms with Crippen molar-refractivity contribution in [3.05, 3.63) is 0 Å². The van der Waals surface area contributed by atoms with Crippen molar-refractivity contribution >= 4 is 10.1 Å². The topological polar surface area (TPSA) is 43.4 Å². The van der Waals surface area contributed by atoms with Crippen LogP contribution in [0.1, 0.15) is 6.92 Å². The second-order valence-electron chi connectivity index (χ2n) is 1.11. The van der Waals surface area contributed by atoms with Crippen LogP contribution in [0.15, 0.2) is 0 Å². The summed E-state index contributed by atoms with van der Waals surface area (Å²) in [5, 5.41) is 0. The van der Waals surface area contributed by atoms with Crippen LogP contribution in [0.2, 0.25) is 0 Å². The summed E-state index contributed by atoms with van der Waals surface area (Å²) < 4.78 is 24.2. The molecule has 0 amide bonds.